The molecule has 0 saturated carbocycles. The normalized spacial score (nSPS) is 14.4. The van der Waals surface area contributed by atoms with Gasteiger partial charge in [-0.3, -0.25) is 0 Å². The molecule has 1 atom stereocenters. The molecule has 0 aliphatic rings. The summed E-state index contributed by atoms with van der Waals surface area (Å²) in [5, 5.41) is 3.09. The van der Waals surface area contributed by atoms with E-state index in [2.05, 4.69) is 5.32 Å². The van der Waals surface area contributed by atoms with Gasteiger partial charge in [0, 0.05) is 26.6 Å². The summed E-state index contributed by atoms with van der Waals surface area (Å²) in [6.45, 7) is 2.04. The van der Waals surface area contributed by atoms with Crippen molar-refractivity contribution in [1.29, 1.82) is 0 Å². The Morgan fingerprint density at radius 3 is 2.14 bits per heavy atom. The van der Waals surface area contributed by atoms with Gasteiger partial charge >= 0.3 is 12.1 Å². The molecular weight excluding hydrogens is 317 g/mol. The molecule has 0 fully saturated rings. The summed E-state index contributed by atoms with van der Waals surface area (Å²) in [6.07, 6.45) is -5.79. The maximum Gasteiger partial charge on any atom is 0.453 e. The summed E-state index contributed by atoms with van der Waals surface area (Å²) in [5.74, 6) is -4.52. The van der Waals surface area contributed by atoms with Crippen LogP contribution in [-0.2, 0) is 15.9 Å². The number of nitrogens with one attached hydrogen (secondary N) is 1. The minimum atomic E-state index is -5.53. The van der Waals surface area contributed by atoms with Gasteiger partial charge in [0.05, 0.1) is 0 Å². The summed E-state index contributed by atoms with van der Waals surface area (Å²) in [5.41, 5.74) is 0. The third-order valence-electron chi connectivity index (χ3n) is 2.71. The Morgan fingerprint density at radius 1 is 1.00 bits per heavy atom. The summed E-state index contributed by atoms with van der Waals surface area (Å²) in [6, 6.07) is 0. The van der Waals surface area contributed by atoms with E-state index in [9.17, 15) is 26.5 Å². The van der Waals surface area contributed by atoms with Crippen LogP contribution < -0.4 is 5.32 Å². The molecule has 0 bridgehead atoms. The van der Waals surface area contributed by atoms with Crippen LogP contribution in [0.4, 0.5) is 22.0 Å². The summed E-state index contributed by atoms with van der Waals surface area (Å²) in [7, 11) is 1.60. The molecule has 9 heteroatoms. The van der Waals surface area contributed by atoms with Crippen molar-refractivity contribution in [2.45, 2.75) is 37.8 Å². The number of hydrogen-bond acceptors (Lipinski definition) is 3. The van der Waals surface area contributed by atoms with E-state index in [1.807, 2.05) is 0 Å². The van der Waals surface area contributed by atoms with Crippen LogP contribution in [0.15, 0.2) is 0 Å². The number of alkyl halides is 5. The first kappa shape index (κ1) is 20.9. The largest absolute Gasteiger partial charge is 0.616 e. The van der Waals surface area contributed by atoms with Crippen molar-refractivity contribution in [3.05, 3.63) is 0 Å². The first-order valence-corrected chi connectivity index (χ1v) is 8.18. The topological polar surface area (TPSA) is 44.3 Å². The van der Waals surface area contributed by atoms with Crippen LogP contribution in [0.5, 0.6) is 0 Å². The predicted molar refractivity (Wildman–Crippen MR) is 72.1 cm³/mol. The van der Waals surface area contributed by atoms with Crippen molar-refractivity contribution < 1.29 is 31.2 Å². The van der Waals surface area contributed by atoms with Gasteiger partial charge in [0.25, 0.3) is 0 Å². The first-order valence-electron chi connectivity index (χ1n) is 6.70. The maximum absolute atomic E-state index is 12.6. The monoisotopic (exact) mass is 339 g/mol. The molecule has 0 heterocycles. The van der Waals surface area contributed by atoms with Gasteiger partial charge in [0.1, 0.15) is 11.5 Å². The van der Waals surface area contributed by atoms with E-state index in [-0.39, 0.29) is 5.75 Å². The number of halogens is 5. The van der Waals surface area contributed by atoms with E-state index in [0.29, 0.717) is 25.3 Å². The molecule has 0 aromatic rings. The van der Waals surface area contributed by atoms with Crippen molar-refractivity contribution in [2.75, 3.05) is 38.3 Å². The quantitative estimate of drug-likeness (QED) is 0.338. The fourth-order valence-electron chi connectivity index (χ4n) is 1.52. The van der Waals surface area contributed by atoms with Crippen LogP contribution in [-0.4, -0.2) is 55.0 Å². The Bertz CT molecular complexity index is 267. The zero-order valence-corrected chi connectivity index (χ0v) is 12.8. The van der Waals surface area contributed by atoms with Crippen LogP contribution in [0.2, 0.25) is 0 Å². The van der Waals surface area contributed by atoms with Gasteiger partial charge in [0.2, 0.25) is 0 Å². The molecule has 21 heavy (non-hydrogen) atoms. The van der Waals surface area contributed by atoms with Gasteiger partial charge in [0.15, 0.2) is 0 Å². The fourth-order valence-corrected chi connectivity index (χ4v) is 2.66. The van der Waals surface area contributed by atoms with Crippen LogP contribution in [0.25, 0.3) is 0 Å². The summed E-state index contributed by atoms with van der Waals surface area (Å²) in [4.78, 5) is 0. The van der Waals surface area contributed by atoms with Gasteiger partial charge in [-0.2, -0.15) is 22.0 Å². The molecule has 1 unspecified atom stereocenters. The van der Waals surface area contributed by atoms with Gasteiger partial charge in [-0.25, -0.2) is 0 Å². The summed E-state index contributed by atoms with van der Waals surface area (Å²) >= 11 is -1.36. The fraction of sp³-hybridized carbons (Fsp3) is 1.00. The van der Waals surface area contributed by atoms with Crippen LogP contribution in [0.1, 0.15) is 25.7 Å². The third kappa shape index (κ3) is 10.3. The third-order valence-corrected chi connectivity index (χ3v) is 4.19. The van der Waals surface area contributed by atoms with Crippen LogP contribution in [0, 0.1) is 0 Å². The van der Waals surface area contributed by atoms with Crippen LogP contribution in [0.3, 0.4) is 0 Å². The zero-order valence-electron chi connectivity index (χ0n) is 12.0. The minimum Gasteiger partial charge on any atom is -0.616 e. The molecule has 0 spiro atoms. The van der Waals surface area contributed by atoms with E-state index < -0.39 is 36.1 Å². The first-order chi connectivity index (χ1) is 9.70. The lowest BCUT2D eigenvalue weighted by Crippen LogP contribution is -2.36. The van der Waals surface area contributed by atoms with Crippen LogP contribution >= 0.6 is 0 Å². The number of methoxy groups -OCH3 is 1. The van der Waals surface area contributed by atoms with Crippen molar-refractivity contribution in [1.82, 2.24) is 5.32 Å². The van der Waals surface area contributed by atoms with Gasteiger partial charge in [-0.15, -0.1) is 0 Å². The Labute approximate surface area is 124 Å². The average Bonchev–Trinajstić information content (AvgIpc) is 2.36. The highest BCUT2D eigenvalue weighted by molar-refractivity contribution is 7.91. The second-order valence-electron chi connectivity index (χ2n) is 4.60. The Kier molecular flexibility index (Phi) is 10.5. The van der Waals surface area contributed by atoms with E-state index in [0.717, 1.165) is 13.0 Å². The SMILES string of the molecule is COCCCNCCC[S+]([O-])CCCC(F)(F)C(F)(F)F. The predicted octanol–water partition coefficient (Wildman–Crippen LogP) is 2.73. The molecule has 0 saturated heterocycles. The standard InChI is InChI=1S/C12H22F5NO2S/c1-20-8-3-6-18-7-4-10-21(19)9-2-5-11(13,14)12(15,16)17/h18H,2-10H2,1H3. The van der Waals surface area contributed by atoms with E-state index in [4.69, 9.17) is 4.74 Å². The van der Waals surface area contributed by atoms with E-state index >= 15 is 0 Å². The van der Waals surface area contributed by atoms with E-state index in [1.54, 1.807) is 7.11 Å². The van der Waals surface area contributed by atoms with E-state index in [1.165, 1.54) is 0 Å². The maximum atomic E-state index is 12.6. The Hall–Kier alpha value is -0.120. The smallest absolute Gasteiger partial charge is 0.453 e. The number of hydrogen-bond donors (Lipinski definition) is 1. The zero-order chi connectivity index (χ0) is 16.4. The average molecular weight is 339 g/mol. The van der Waals surface area contributed by atoms with Gasteiger partial charge in [-0.05, 0) is 25.9 Å². The second-order valence-corrected chi connectivity index (χ2v) is 6.30. The van der Waals surface area contributed by atoms with Gasteiger partial charge < -0.3 is 14.6 Å². The molecule has 0 aromatic heterocycles. The van der Waals surface area contributed by atoms with Crippen molar-refractivity contribution >= 4 is 11.2 Å². The molecule has 0 aromatic carbocycles. The lowest BCUT2D eigenvalue weighted by atomic mass is 10.2. The molecule has 0 aliphatic heterocycles. The van der Waals surface area contributed by atoms with Crippen molar-refractivity contribution in [2.24, 2.45) is 0 Å². The molecule has 3 nitrogen and oxygen atoms in total. The lowest BCUT2D eigenvalue weighted by molar-refractivity contribution is -0.284. The molecular formula is C12H22F5NO2S. The second kappa shape index (κ2) is 10.6. The van der Waals surface area contributed by atoms with Gasteiger partial charge in [-0.1, -0.05) is 11.2 Å². The Morgan fingerprint density at radius 2 is 1.57 bits per heavy atom. The minimum absolute atomic E-state index is 0.130. The highest BCUT2D eigenvalue weighted by Gasteiger charge is 2.56. The van der Waals surface area contributed by atoms with Crippen molar-refractivity contribution in [3.8, 4) is 0 Å². The summed E-state index contributed by atoms with van der Waals surface area (Å²) < 4.78 is 77.2. The number of rotatable bonds is 12. The molecule has 0 radical (unpaired) electrons. The highest BCUT2D eigenvalue weighted by atomic mass is 32.2. The highest BCUT2D eigenvalue weighted by Crippen LogP contribution is 2.38. The molecule has 0 amide bonds. The molecule has 0 aliphatic carbocycles. The molecule has 0 rings (SSSR count). The van der Waals surface area contributed by atoms with Crippen molar-refractivity contribution in [3.63, 3.8) is 0 Å². The molecule has 128 valence electrons. The Balaban J connectivity index is 3.57. The molecule has 1 N–H and O–H groups in total. The lowest BCUT2D eigenvalue weighted by Gasteiger charge is -2.19. The number of ether oxygens (including phenoxy) is 1.